The third kappa shape index (κ3) is 4.49. The number of hydrogen-bond acceptors (Lipinski definition) is 6. The average molecular weight is 513 g/mol. The maximum Gasteiger partial charge on any atom is 0.264 e. The first kappa shape index (κ1) is 23.3. The Hall–Kier alpha value is -3.43. The first-order valence-electron chi connectivity index (χ1n) is 10.9. The fourth-order valence-corrected chi connectivity index (χ4v) is 5.39. The van der Waals surface area contributed by atoms with Gasteiger partial charge in [-0.2, -0.15) is 5.10 Å². The molecule has 1 amide bonds. The Labute approximate surface area is 207 Å². The quantitative estimate of drug-likeness (QED) is 0.508. The number of benzene rings is 3. The number of hydrogen-bond donors (Lipinski definition) is 2. The van der Waals surface area contributed by atoms with Crippen molar-refractivity contribution in [1.82, 2.24) is 4.72 Å². The molecule has 0 saturated heterocycles. The molecule has 2 atom stereocenters. The number of nitrogens with two attached hydrogens (primary N) is 1. The van der Waals surface area contributed by atoms with Crippen LogP contribution >= 0.6 is 11.6 Å². The molecule has 0 radical (unpaired) electrons. The minimum absolute atomic E-state index is 0.0139. The third-order valence-electron chi connectivity index (χ3n) is 6.32. The first-order chi connectivity index (χ1) is 16.6. The van der Waals surface area contributed by atoms with Gasteiger partial charge in [0.25, 0.3) is 5.91 Å². The summed E-state index contributed by atoms with van der Waals surface area (Å²) in [5.41, 5.74) is 11.0. The van der Waals surface area contributed by atoms with Gasteiger partial charge in [0.05, 0.1) is 34.4 Å². The van der Waals surface area contributed by atoms with Crippen LogP contribution in [0.15, 0.2) is 65.8 Å². The van der Waals surface area contributed by atoms with Crippen molar-refractivity contribution in [3.8, 4) is 0 Å². The molecule has 2 unspecified atom stereocenters. The fraction of sp³-hybridized carbons (Fsp3) is 0.200. The van der Waals surface area contributed by atoms with Gasteiger partial charge in [-0.1, -0.05) is 29.8 Å². The molecule has 7 nitrogen and oxygen atoms in total. The third-order valence-corrected chi connectivity index (χ3v) is 7.20. The maximum atomic E-state index is 13.7. The fourth-order valence-electron chi connectivity index (χ4n) is 4.76. The molecule has 0 saturated carbocycles. The van der Waals surface area contributed by atoms with E-state index < -0.39 is 15.9 Å². The molecule has 10 heteroatoms. The number of hydrazone groups is 1. The number of nitrogens with one attached hydrogen (secondary N) is 1. The van der Waals surface area contributed by atoms with Crippen LogP contribution in [0.3, 0.4) is 0 Å². The molecular weight excluding hydrogens is 491 g/mol. The Balaban J connectivity index is 1.57. The second-order valence-electron chi connectivity index (χ2n) is 8.75. The average Bonchev–Trinajstić information content (AvgIpc) is 3.20. The van der Waals surface area contributed by atoms with Gasteiger partial charge < -0.3 is 5.73 Å². The van der Waals surface area contributed by atoms with E-state index in [4.69, 9.17) is 22.4 Å². The largest absolute Gasteiger partial charge is 0.398 e. The summed E-state index contributed by atoms with van der Waals surface area (Å²) >= 11 is 6.30. The molecule has 0 aromatic heterocycles. The predicted octanol–water partition coefficient (Wildman–Crippen LogP) is 4.28. The van der Waals surface area contributed by atoms with Crippen molar-refractivity contribution in [1.29, 1.82) is 0 Å². The minimum Gasteiger partial charge on any atom is -0.398 e. The summed E-state index contributed by atoms with van der Waals surface area (Å²) in [4.78, 5) is 12.4. The van der Waals surface area contributed by atoms with Crippen molar-refractivity contribution >= 4 is 44.6 Å². The Morgan fingerprint density at radius 1 is 1.14 bits per heavy atom. The Morgan fingerprint density at radius 3 is 2.57 bits per heavy atom. The van der Waals surface area contributed by atoms with E-state index >= 15 is 0 Å². The topological polar surface area (TPSA) is 105 Å². The Bertz CT molecular complexity index is 1470. The number of sulfonamides is 1. The smallest absolute Gasteiger partial charge is 0.264 e. The molecule has 3 aromatic rings. The van der Waals surface area contributed by atoms with Crippen LogP contribution in [0, 0.1) is 11.7 Å². The van der Waals surface area contributed by atoms with Gasteiger partial charge >= 0.3 is 0 Å². The number of rotatable bonds is 4. The molecular formula is C25H22ClFN4O3S. The molecule has 2 aliphatic rings. The number of carbonyl (C=O) groups is 1. The Kier molecular flexibility index (Phi) is 5.77. The second-order valence-corrected chi connectivity index (χ2v) is 10.9. The normalized spacial score (nSPS) is 19.1. The van der Waals surface area contributed by atoms with E-state index in [1.165, 1.54) is 12.1 Å². The molecule has 35 heavy (non-hydrogen) atoms. The van der Waals surface area contributed by atoms with Crippen LogP contribution in [0.1, 0.15) is 39.5 Å². The molecule has 0 fully saturated rings. The van der Waals surface area contributed by atoms with Gasteiger partial charge in [0.15, 0.2) is 0 Å². The lowest BCUT2D eigenvalue weighted by Gasteiger charge is -2.31. The van der Waals surface area contributed by atoms with Crippen molar-refractivity contribution in [3.63, 3.8) is 0 Å². The summed E-state index contributed by atoms with van der Waals surface area (Å²) < 4.78 is 38.6. The van der Waals surface area contributed by atoms with Crippen LogP contribution < -0.4 is 15.5 Å². The number of carbonyl (C=O) groups excluding carboxylic acids is 1. The molecule has 3 aromatic carbocycles. The van der Waals surface area contributed by atoms with Crippen molar-refractivity contribution in [3.05, 3.63) is 93.8 Å². The van der Waals surface area contributed by atoms with Crippen molar-refractivity contribution < 1.29 is 17.6 Å². The highest BCUT2D eigenvalue weighted by molar-refractivity contribution is 7.89. The number of nitrogens with zero attached hydrogens (tertiary/aromatic N) is 2. The van der Waals surface area contributed by atoms with Crippen LogP contribution in [-0.4, -0.2) is 26.3 Å². The van der Waals surface area contributed by atoms with E-state index in [0.29, 0.717) is 17.1 Å². The lowest BCUT2D eigenvalue weighted by Crippen LogP contribution is -2.31. The lowest BCUT2D eigenvalue weighted by molar-refractivity contribution is 0.0981. The first-order valence-corrected chi connectivity index (χ1v) is 13.2. The highest BCUT2D eigenvalue weighted by Crippen LogP contribution is 2.46. The summed E-state index contributed by atoms with van der Waals surface area (Å²) in [6.07, 6.45) is 2.35. The van der Waals surface area contributed by atoms with Gasteiger partial charge in [0.2, 0.25) is 10.0 Å². The van der Waals surface area contributed by atoms with Crippen molar-refractivity contribution in [2.24, 2.45) is 11.0 Å². The van der Waals surface area contributed by atoms with Gasteiger partial charge in [0.1, 0.15) is 5.82 Å². The number of nitrogen functional groups attached to an aromatic ring is 1. The van der Waals surface area contributed by atoms with Crippen LogP contribution in [0.4, 0.5) is 15.8 Å². The van der Waals surface area contributed by atoms with E-state index in [2.05, 4.69) is 0 Å². The summed E-state index contributed by atoms with van der Waals surface area (Å²) in [6.45, 7) is 0. The summed E-state index contributed by atoms with van der Waals surface area (Å²) in [7, 11) is -3.67. The van der Waals surface area contributed by atoms with Crippen LogP contribution in [-0.2, 0) is 16.4 Å². The lowest BCUT2D eigenvalue weighted by atomic mass is 9.77. The number of halogens is 2. The molecule has 0 bridgehead atoms. The number of amides is 1. The zero-order valence-corrected chi connectivity index (χ0v) is 20.3. The second kappa shape index (κ2) is 8.66. The molecule has 1 heterocycles. The van der Waals surface area contributed by atoms with E-state index in [0.717, 1.165) is 40.8 Å². The summed E-state index contributed by atoms with van der Waals surface area (Å²) in [6, 6.07) is 16.6. The highest BCUT2D eigenvalue weighted by atomic mass is 35.5. The van der Waals surface area contributed by atoms with E-state index in [1.54, 1.807) is 42.5 Å². The van der Waals surface area contributed by atoms with E-state index in [1.807, 2.05) is 15.8 Å². The molecule has 180 valence electrons. The molecule has 1 aliphatic carbocycles. The molecule has 5 rings (SSSR count). The van der Waals surface area contributed by atoms with Crippen molar-refractivity contribution in [2.75, 3.05) is 17.0 Å². The number of aryl methyl sites for hydroxylation is 1. The van der Waals surface area contributed by atoms with Gasteiger partial charge in [-0.3, -0.25) is 9.80 Å². The SMILES string of the molecule is CS(=O)(=O)NC(=O)c1ccc2c(c1)CCC1C2=NN(c2ccc(N)c(Cl)c2)C1c1ccc(F)cc1. The minimum atomic E-state index is -3.67. The number of anilines is 2. The standard InChI is InChI=1S/C25H22ClFN4O3S/c1-35(33,34)30-25(32)16-5-9-19-15(12-16)4-10-20-23(19)29-31(18-8-11-22(28)21(26)13-18)24(20)14-2-6-17(27)7-3-14/h2-3,5-9,11-13,20,24H,4,10,28H2,1H3,(H,30,32). The van der Waals surface area contributed by atoms with Gasteiger partial charge in [0, 0.05) is 17.0 Å². The highest BCUT2D eigenvalue weighted by Gasteiger charge is 2.42. The summed E-state index contributed by atoms with van der Waals surface area (Å²) in [5.74, 6) is -0.975. The molecule has 3 N–H and O–H groups in total. The molecule has 0 spiro atoms. The van der Waals surface area contributed by atoms with Crippen LogP contribution in [0.25, 0.3) is 0 Å². The zero-order chi connectivity index (χ0) is 24.9. The van der Waals surface area contributed by atoms with Gasteiger partial charge in [-0.05, 0) is 66.4 Å². The van der Waals surface area contributed by atoms with E-state index in [9.17, 15) is 17.6 Å². The van der Waals surface area contributed by atoms with Crippen molar-refractivity contribution in [2.45, 2.75) is 18.9 Å². The Morgan fingerprint density at radius 2 is 1.89 bits per heavy atom. The van der Waals surface area contributed by atoms with Crippen LogP contribution in [0.5, 0.6) is 0 Å². The summed E-state index contributed by atoms with van der Waals surface area (Å²) in [5, 5.41) is 7.27. The van der Waals surface area contributed by atoms with E-state index in [-0.39, 0.29) is 23.3 Å². The zero-order valence-electron chi connectivity index (χ0n) is 18.7. The van der Waals surface area contributed by atoms with Crippen LogP contribution in [0.2, 0.25) is 5.02 Å². The monoisotopic (exact) mass is 512 g/mol. The molecule has 1 aliphatic heterocycles. The number of fused-ring (bicyclic) bond motifs is 3. The maximum absolute atomic E-state index is 13.7. The van der Waals surface area contributed by atoms with Gasteiger partial charge in [-0.25, -0.2) is 17.5 Å². The predicted molar refractivity (Wildman–Crippen MR) is 135 cm³/mol. The van der Waals surface area contributed by atoms with Gasteiger partial charge in [-0.15, -0.1) is 0 Å².